The van der Waals surface area contributed by atoms with Gasteiger partial charge < -0.3 is 10.2 Å². The molecule has 2 aromatic rings. The second-order valence-corrected chi connectivity index (χ2v) is 6.21. The molecule has 0 spiro atoms. The molecule has 0 fully saturated rings. The van der Waals surface area contributed by atoms with Gasteiger partial charge in [0.15, 0.2) is 0 Å². The van der Waals surface area contributed by atoms with Crippen molar-refractivity contribution in [3.63, 3.8) is 0 Å². The Morgan fingerprint density at radius 3 is 2.42 bits per heavy atom. The van der Waals surface area contributed by atoms with Crippen LogP contribution in [0.25, 0.3) is 0 Å². The van der Waals surface area contributed by atoms with Gasteiger partial charge in [0.2, 0.25) is 11.5 Å². The van der Waals surface area contributed by atoms with Crippen LogP contribution in [0.2, 0.25) is 0 Å². The minimum atomic E-state index is -5.16. The molecular weight excluding hydrogens is 375 g/mol. The van der Waals surface area contributed by atoms with Crippen molar-refractivity contribution in [1.82, 2.24) is 15.8 Å². The zero-order chi connectivity index (χ0) is 19.5. The topological polar surface area (TPSA) is 112 Å². The Morgan fingerprint density at radius 1 is 1.23 bits per heavy atom. The first-order valence-electron chi connectivity index (χ1n) is 7.13. The summed E-state index contributed by atoms with van der Waals surface area (Å²) in [5.74, 6) is -2.59. The molecule has 26 heavy (non-hydrogen) atoms. The van der Waals surface area contributed by atoms with Crippen LogP contribution in [-0.4, -0.2) is 33.2 Å². The Hall–Kier alpha value is -2.66. The van der Waals surface area contributed by atoms with E-state index in [-0.39, 0.29) is 17.0 Å². The number of nitrogens with zero attached hydrogens (tertiary/aromatic N) is 1. The lowest BCUT2D eigenvalue weighted by molar-refractivity contribution is -0.267. The maximum atomic E-state index is 13.3. The number of phenolic OH excluding ortho intramolecular Hbond substituents is 1. The number of carbonyl (C=O) groups excluding carboxylic acids is 2. The fraction of sp³-hybridized carbons (Fsp3) is 0.267. The van der Waals surface area contributed by atoms with Crippen LogP contribution in [0, 0.1) is 6.92 Å². The lowest BCUT2D eigenvalue weighted by Crippen LogP contribution is -2.49. The predicted molar refractivity (Wildman–Crippen MR) is 85.1 cm³/mol. The molecule has 0 bridgehead atoms. The van der Waals surface area contributed by atoms with Crippen molar-refractivity contribution in [2.75, 3.05) is 0 Å². The number of carbonyl (C=O) groups is 2. The average molecular weight is 389 g/mol. The first kappa shape index (κ1) is 19.7. The number of hydrogen-bond acceptors (Lipinski definition) is 6. The second-order valence-electron chi connectivity index (χ2n) is 5.35. The van der Waals surface area contributed by atoms with Gasteiger partial charge in [0, 0.05) is 11.1 Å². The predicted octanol–water partition coefficient (Wildman–Crippen LogP) is 1.76. The molecule has 0 radical (unpaired) electrons. The number of thiazole rings is 1. The first-order valence-corrected chi connectivity index (χ1v) is 8.01. The van der Waals surface area contributed by atoms with Crippen LogP contribution in [0.5, 0.6) is 5.75 Å². The second kappa shape index (κ2) is 7.30. The highest BCUT2D eigenvalue weighted by Crippen LogP contribution is 2.42. The van der Waals surface area contributed by atoms with Crippen LogP contribution < -0.4 is 10.9 Å². The van der Waals surface area contributed by atoms with Crippen molar-refractivity contribution < 1.29 is 33.0 Å². The highest BCUT2D eigenvalue weighted by Gasteiger charge is 2.58. The molecule has 1 heterocycles. The standard InChI is InChI=1S/C15H14F3N3O4S/c1-8-7-26-13(19-8)14(25,15(16,17)18)6-11(23)20-21-12(24)9-4-2-3-5-10(9)22/h2-5,7,22,25H,6H2,1H3,(H,20,23)(H,21,24). The minimum Gasteiger partial charge on any atom is -0.507 e. The van der Waals surface area contributed by atoms with Crippen molar-refractivity contribution >= 4 is 23.2 Å². The van der Waals surface area contributed by atoms with Crippen molar-refractivity contribution in [2.45, 2.75) is 25.1 Å². The maximum Gasteiger partial charge on any atom is 0.424 e. The third-order valence-corrected chi connectivity index (χ3v) is 4.43. The molecular formula is C15H14F3N3O4S. The molecule has 1 unspecified atom stereocenters. The van der Waals surface area contributed by atoms with E-state index in [0.717, 1.165) is 0 Å². The number of hydrazine groups is 1. The number of aromatic nitrogens is 1. The Balaban J connectivity index is 2.09. The fourth-order valence-electron chi connectivity index (χ4n) is 1.98. The van der Waals surface area contributed by atoms with Gasteiger partial charge in [-0.05, 0) is 19.1 Å². The lowest BCUT2D eigenvalue weighted by Gasteiger charge is -2.27. The van der Waals surface area contributed by atoms with E-state index in [9.17, 15) is 33.0 Å². The zero-order valence-electron chi connectivity index (χ0n) is 13.3. The smallest absolute Gasteiger partial charge is 0.424 e. The molecule has 2 rings (SSSR count). The zero-order valence-corrected chi connectivity index (χ0v) is 14.1. The van der Waals surface area contributed by atoms with E-state index in [0.29, 0.717) is 11.3 Å². The van der Waals surface area contributed by atoms with E-state index in [1.54, 1.807) is 5.43 Å². The number of rotatable bonds is 4. The van der Waals surface area contributed by atoms with E-state index in [1.807, 2.05) is 5.43 Å². The summed E-state index contributed by atoms with van der Waals surface area (Å²) in [6.45, 7) is 1.45. The Kier molecular flexibility index (Phi) is 5.52. The molecule has 2 amide bonds. The van der Waals surface area contributed by atoms with Crippen LogP contribution in [-0.2, 0) is 10.4 Å². The fourth-order valence-corrected chi connectivity index (χ4v) is 2.89. The third kappa shape index (κ3) is 4.11. The van der Waals surface area contributed by atoms with Gasteiger partial charge in [0.1, 0.15) is 10.8 Å². The molecule has 0 aliphatic heterocycles. The molecule has 0 aliphatic carbocycles. The van der Waals surface area contributed by atoms with Gasteiger partial charge in [0.25, 0.3) is 5.91 Å². The van der Waals surface area contributed by atoms with Crippen molar-refractivity contribution in [2.24, 2.45) is 0 Å². The van der Waals surface area contributed by atoms with Crippen LogP contribution in [0.15, 0.2) is 29.6 Å². The van der Waals surface area contributed by atoms with Crippen LogP contribution in [0.1, 0.15) is 27.5 Å². The minimum absolute atomic E-state index is 0.186. The summed E-state index contributed by atoms with van der Waals surface area (Å²) in [6, 6.07) is 5.39. The number of aromatic hydroxyl groups is 1. The van der Waals surface area contributed by atoms with Gasteiger partial charge in [-0.1, -0.05) is 12.1 Å². The molecule has 1 aromatic heterocycles. The third-order valence-electron chi connectivity index (χ3n) is 3.32. The number of nitrogens with one attached hydrogen (secondary N) is 2. The first-order chi connectivity index (χ1) is 12.0. The molecule has 7 nitrogen and oxygen atoms in total. The molecule has 4 N–H and O–H groups in total. The molecule has 1 aromatic carbocycles. The van der Waals surface area contributed by atoms with Crippen LogP contribution in [0.3, 0.4) is 0 Å². The van der Waals surface area contributed by atoms with Crippen LogP contribution >= 0.6 is 11.3 Å². The number of amides is 2. The number of hydrogen-bond donors (Lipinski definition) is 4. The van der Waals surface area contributed by atoms with Crippen molar-refractivity contribution in [3.05, 3.63) is 45.9 Å². The lowest BCUT2D eigenvalue weighted by atomic mass is 9.99. The van der Waals surface area contributed by atoms with Crippen molar-refractivity contribution in [3.8, 4) is 5.75 Å². The largest absolute Gasteiger partial charge is 0.507 e. The highest BCUT2D eigenvalue weighted by atomic mass is 32.1. The van der Waals surface area contributed by atoms with E-state index in [1.165, 1.54) is 36.6 Å². The summed E-state index contributed by atoms with van der Waals surface area (Å²) in [6.07, 6.45) is -6.55. The average Bonchev–Trinajstić information content (AvgIpc) is 2.99. The number of para-hydroxylation sites is 1. The molecule has 1 atom stereocenters. The molecule has 0 saturated carbocycles. The summed E-state index contributed by atoms with van der Waals surface area (Å²) in [4.78, 5) is 27.3. The van der Waals surface area contributed by atoms with Gasteiger partial charge in [-0.25, -0.2) is 4.98 Å². The Labute approximate surface area is 149 Å². The maximum absolute atomic E-state index is 13.3. The number of phenols is 1. The highest BCUT2D eigenvalue weighted by molar-refractivity contribution is 7.09. The summed E-state index contributed by atoms with van der Waals surface area (Å²) in [5.41, 5.74) is 0.245. The summed E-state index contributed by atoms with van der Waals surface area (Å²) in [7, 11) is 0. The summed E-state index contributed by atoms with van der Waals surface area (Å²) < 4.78 is 39.9. The van der Waals surface area contributed by atoms with Gasteiger partial charge in [-0.15, -0.1) is 11.3 Å². The van der Waals surface area contributed by atoms with Crippen molar-refractivity contribution in [1.29, 1.82) is 0 Å². The molecule has 0 aliphatic rings. The number of aliphatic hydroxyl groups is 1. The van der Waals surface area contributed by atoms with Gasteiger partial charge >= 0.3 is 6.18 Å². The van der Waals surface area contributed by atoms with E-state index >= 15 is 0 Å². The number of benzene rings is 1. The number of aryl methyl sites for hydroxylation is 1. The number of alkyl halides is 3. The number of halogens is 3. The quantitative estimate of drug-likeness (QED) is 0.596. The van der Waals surface area contributed by atoms with E-state index in [2.05, 4.69) is 4.98 Å². The monoisotopic (exact) mass is 389 g/mol. The summed E-state index contributed by atoms with van der Waals surface area (Å²) >= 11 is 0.567. The Bertz CT molecular complexity index is 824. The normalized spacial score (nSPS) is 13.7. The van der Waals surface area contributed by atoms with Gasteiger partial charge in [0.05, 0.1) is 12.0 Å². The Morgan fingerprint density at radius 2 is 1.88 bits per heavy atom. The SMILES string of the molecule is Cc1csc(C(O)(CC(=O)NNC(=O)c2ccccc2O)C(F)(F)F)n1. The molecule has 0 saturated heterocycles. The van der Waals surface area contributed by atoms with E-state index in [4.69, 9.17) is 0 Å². The van der Waals surface area contributed by atoms with Crippen LogP contribution in [0.4, 0.5) is 13.2 Å². The van der Waals surface area contributed by atoms with Gasteiger partial charge in [-0.3, -0.25) is 20.4 Å². The van der Waals surface area contributed by atoms with Gasteiger partial charge in [-0.2, -0.15) is 13.2 Å². The van der Waals surface area contributed by atoms with E-state index < -0.39 is 35.0 Å². The molecule has 140 valence electrons. The molecule has 11 heteroatoms. The summed E-state index contributed by atoms with van der Waals surface area (Å²) in [5, 5.41) is 20.2.